The largest absolute Gasteiger partial charge is 0.443 e. The normalized spacial score (nSPS) is 11.2. The van der Waals surface area contributed by atoms with E-state index in [1.54, 1.807) is 33.9 Å². The van der Waals surface area contributed by atoms with Crippen molar-refractivity contribution in [3.05, 3.63) is 52.3 Å². The molecular formula is C16H20N4O4. The highest BCUT2D eigenvalue weighted by atomic mass is 16.6. The van der Waals surface area contributed by atoms with Gasteiger partial charge in [-0.15, -0.1) is 0 Å². The van der Waals surface area contributed by atoms with E-state index in [0.29, 0.717) is 12.2 Å². The van der Waals surface area contributed by atoms with Crippen LogP contribution in [0, 0.1) is 10.1 Å². The zero-order valence-corrected chi connectivity index (χ0v) is 14.1. The van der Waals surface area contributed by atoms with Gasteiger partial charge in [-0.1, -0.05) is 18.2 Å². The smallest absolute Gasteiger partial charge is 0.414 e. The summed E-state index contributed by atoms with van der Waals surface area (Å²) < 4.78 is 6.83. The highest BCUT2D eigenvalue weighted by molar-refractivity contribution is 5.88. The minimum atomic E-state index is -0.594. The Bertz CT molecular complexity index is 749. The molecular weight excluding hydrogens is 312 g/mol. The summed E-state index contributed by atoms with van der Waals surface area (Å²) in [5.41, 5.74) is 0.782. The van der Waals surface area contributed by atoms with E-state index < -0.39 is 16.6 Å². The Morgan fingerprint density at radius 2 is 2.04 bits per heavy atom. The molecule has 128 valence electrons. The first kappa shape index (κ1) is 17.5. The third-order valence-electron chi connectivity index (χ3n) is 3.18. The van der Waals surface area contributed by atoms with Crippen LogP contribution in [0.15, 0.2) is 36.7 Å². The van der Waals surface area contributed by atoms with Crippen molar-refractivity contribution in [1.29, 1.82) is 0 Å². The van der Waals surface area contributed by atoms with Crippen molar-refractivity contribution >= 4 is 17.5 Å². The second kappa shape index (κ2) is 6.69. The fraction of sp³-hybridized carbons (Fsp3) is 0.375. The number of carbonyl (C=O) groups excluding carboxylic acids is 1. The lowest BCUT2D eigenvalue weighted by Gasteiger charge is -2.26. The zero-order valence-electron chi connectivity index (χ0n) is 14.1. The van der Waals surface area contributed by atoms with Gasteiger partial charge < -0.3 is 4.74 Å². The van der Waals surface area contributed by atoms with Crippen LogP contribution >= 0.6 is 0 Å². The third-order valence-corrected chi connectivity index (χ3v) is 3.18. The van der Waals surface area contributed by atoms with Crippen LogP contribution in [-0.4, -0.2) is 33.4 Å². The minimum absolute atomic E-state index is 0.0759. The van der Waals surface area contributed by atoms with E-state index in [-0.39, 0.29) is 5.69 Å². The van der Waals surface area contributed by atoms with Gasteiger partial charge in [0, 0.05) is 7.05 Å². The lowest BCUT2D eigenvalue weighted by Crippen LogP contribution is -2.34. The first-order valence-electron chi connectivity index (χ1n) is 7.39. The van der Waals surface area contributed by atoms with Crippen LogP contribution in [0.4, 0.5) is 16.2 Å². The van der Waals surface area contributed by atoms with Crippen LogP contribution in [0.5, 0.6) is 0 Å². The summed E-state index contributed by atoms with van der Waals surface area (Å²) in [6, 6.07) is 7.27. The van der Waals surface area contributed by atoms with Crippen LogP contribution in [-0.2, 0) is 11.3 Å². The van der Waals surface area contributed by atoms with Crippen molar-refractivity contribution < 1.29 is 14.5 Å². The quantitative estimate of drug-likeness (QED) is 0.633. The fourth-order valence-corrected chi connectivity index (χ4v) is 2.11. The van der Waals surface area contributed by atoms with Gasteiger partial charge in [0.05, 0.1) is 17.2 Å². The number of rotatable bonds is 4. The molecule has 1 heterocycles. The highest BCUT2D eigenvalue weighted by Gasteiger charge is 2.22. The molecule has 8 heteroatoms. The molecule has 0 saturated carbocycles. The average molecular weight is 332 g/mol. The molecule has 0 fully saturated rings. The van der Waals surface area contributed by atoms with Gasteiger partial charge in [0.15, 0.2) is 0 Å². The van der Waals surface area contributed by atoms with E-state index in [1.807, 2.05) is 18.2 Å². The number of carbonyl (C=O) groups is 1. The Kier molecular flexibility index (Phi) is 4.87. The minimum Gasteiger partial charge on any atom is -0.443 e. The number of nitrogens with zero attached hydrogens (tertiary/aromatic N) is 4. The standard InChI is InChI=1S/C16H20N4O4/c1-16(2,3)24-15(21)18(4)14-8-6-5-7-12(14)10-19-11-13(9-17-19)20(22)23/h5-9,11H,10H2,1-4H3. The van der Waals surface area contributed by atoms with E-state index in [0.717, 1.165) is 5.56 Å². The first-order valence-corrected chi connectivity index (χ1v) is 7.39. The SMILES string of the molecule is CN(C(=O)OC(C)(C)C)c1ccccc1Cn1cc([N+](=O)[O-])cn1. The van der Waals surface area contributed by atoms with Gasteiger partial charge in [-0.25, -0.2) is 4.79 Å². The Labute approximate surface area is 139 Å². The van der Waals surface area contributed by atoms with Gasteiger partial charge in [0.1, 0.15) is 18.0 Å². The average Bonchev–Trinajstić information content (AvgIpc) is 2.94. The van der Waals surface area contributed by atoms with Crippen molar-refractivity contribution in [2.24, 2.45) is 0 Å². The molecule has 0 aliphatic rings. The molecule has 0 radical (unpaired) electrons. The fourth-order valence-electron chi connectivity index (χ4n) is 2.11. The number of hydrogen-bond acceptors (Lipinski definition) is 5. The third kappa shape index (κ3) is 4.31. The summed E-state index contributed by atoms with van der Waals surface area (Å²) in [7, 11) is 1.62. The number of aromatic nitrogens is 2. The molecule has 24 heavy (non-hydrogen) atoms. The van der Waals surface area contributed by atoms with E-state index in [1.165, 1.54) is 22.0 Å². The molecule has 2 rings (SSSR count). The molecule has 0 N–H and O–H groups in total. The molecule has 1 aromatic heterocycles. The molecule has 0 bridgehead atoms. The van der Waals surface area contributed by atoms with Crippen molar-refractivity contribution in [3.63, 3.8) is 0 Å². The van der Waals surface area contributed by atoms with Crippen LogP contribution in [0.3, 0.4) is 0 Å². The summed E-state index contributed by atoms with van der Waals surface area (Å²) in [6.45, 7) is 5.70. The van der Waals surface area contributed by atoms with Crippen LogP contribution in [0.1, 0.15) is 26.3 Å². The summed E-state index contributed by atoms with van der Waals surface area (Å²) in [5, 5.41) is 14.7. The lowest BCUT2D eigenvalue weighted by atomic mass is 10.1. The second-order valence-electron chi connectivity index (χ2n) is 6.32. The summed E-state index contributed by atoms with van der Waals surface area (Å²) in [4.78, 5) is 23.9. The van der Waals surface area contributed by atoms with E-state index >= 15 is 0 Å². The monoisotopic (exact) mass is 332 g/mol. The number of ether oxygens (including phenoxy) is 1. The molecule has 0 aliphatic heterocycles. The Morgan fingerprint density at radius 1 is 1.38 bits per heavy atom. The highest BCUT2D eigenvalue weighted by Crippen LogP contribution is 2.23. The first-order chi connectivity index (χ1) is 11.2. The number of nitro groups is 1. The Hall–Kier alpha value is -2.90. The second-order valence-corrected chi connectivity index (χ2v) is 6.32. The molecule has 0 atom stereocenters. The number of anilines is 1. The summed E-state index contributed by atoms with van der Waals surface area (Å²) in [6.07, 6.45) is 2.08. The topological polar surface area (TPSA) is 90.5 Å². The van der Waals surface area contributed by atoms with Crippen LogP contribution in [0.25, 0.3) is 0 Å². The number of para-hydroxylation sites is 1. The molecule has 1 aromatic carbocycles. The van der Waals surface area contributed by atoms with Crippen molar-refractivity contribution in [3.8, 4) is 0 Å². The number of amides is 1. The Morgan fingerprint density at radius 3 is 2.62 bits per heavy atom. The Balaban J connectivity index is 2.23. The number of benzene rings is 1. The predicted molar refractivity (Wildman–Crippen MR) is 89.1 cm³/mol. The van der Waals surface area contributed by atoms with E-state index in [2.05, 4.69) is 5.10 Å². The maximum absolute atomic E-state index is 12.2. The lowest BCUT2D eigenvalue weighted by molar-refractivity contribution is -0.385. The molecule has 1 amide bonds. The van der Waals surface area contributed by atoms with Crippen LogP contribution in [0.2, 0.25) is 0 Å². The van der Waals surface area contributed by atoms with Gasteiger partial charge in [-0.2, -0.15) is 5.10 Å². The van der Waals surface area contributed by atoms with Gasteiger partial charge in [-0.05, 0) is 32.4 Å². The van der Waals surface area contributed by atoms with E-state index in [4.69, 9.17) is 4.74 Å². The summed E-state index contributed by atoms with van der Waals surface area (Å²) in [5.74, 6) is 0. The van der Waals surface area contributed by atoms with Crippen molar-refractivity contribution in [1.82, 2.24) is 9.78 Å². The van der Waals surface area contributed by atoms with Gasteiger partial charge in [0.25, 0.3) is 0 Å². The molecule has 2 aromatic rings. The molecule has 8 nitrogen and oxygen atoms in total. The maximum Gasteiger partial charge on any atom is 0.414 e. The summed E-state index contributed by atoms with van der Waals surface area (Å²) >= 11 is 0. The molecule has 0 saturated heterocycles. The number of hydrogen-bond donors (Lipinski definition) is 0. The van der Waals surface area contributed by atoms with Gasteiger partial charge >= 0.3 is 11.8 Å². The van der Waals surface area contributed by atoms with Crippen LogP contribution < -0.4 is 4.90 Å². The molecule has 0 aliphatic carbocycles. The van der Waals surface area contributed by atoms with Crippen molar-refractivity contribution in [2.45, 2.75) is 32.9 Å². The predicted octanol–water partition coefficient (Wildman–Crippen LogP) is 3.21. The van der Waals surface area contributed by atoms with Gasteiger partial charge in [0.2, 0.25) is 0 Å². The van der Waals surface area contributed by atoms with E-state index in [9.17, 15) is 14.9 Å². The van der Waals surface area contributed by atoms with Gasteiger partial charge in [-0.3, -0.25) is 19.7 Å². The zero-order chi connectivity index (χ0) is 17.9. The molecule has 0 spiro atoms. The maximum atomic E-state index is 12.2. The molecule has 0 unspecified atom stereocenters. The van der Waals surface area contributed by atoms with Crippen molar-refractivity contribution in [2.75, 3.05) is 11.9 Å².